The molecule has 0 spiro atoms. The number of anilines is 1. The second kappa shape index (κ2) is 10.7. The van der Waals surface area contributed by atoms with Crippen LogP contribution in [0.5, 0.6) is 11.5 Å². The van der Waals surface area contributed by atoms with E-state index in [0.717, 1.165) is 11.1 Å². The van der Waals surface area contributed by atoms with Crippen LogP contribution in [0.2, 0.25) is 0 Å². The van der Waals surface area contributed by atoms with E-state index in [9.17, 15) is 18.5 Å². The monoisotopic (exact) mass is 588 g/mol. The Morgan fingerprint density at radius 3 is 2.41 bits per heavy atom. The highest BCUT2D eigenvalue weighted by molar-refractivity contribution is 14.1. The van der Waals surface area contributed by atoms with Crippen LogP contribution in [-0.4, -0.2) is 21.4 Å². The maximum absolute atomic E-state index is 12.7. The Labute approximate surface area is 212 Å². The van der Waals surface area contributed by atoms with Gasteiger partial charge in [-0.1, -0.05) is 35.9 Å². The number of carbonyl (C=O) groups excluding carboxylic acids is 1. The average molecular weight is 588 g/mol. The molecule has 3 aromatic carbocycles. The van der Waals surface area contributed by atoms with Gasteiger partial charge < -0.3 is 14.2 Å². The molecule has 0 fully saturated rings. The van der Waals surface area contributed by atoms with Gasteiger partial charge in [-0.2, -0.15) is 13.7 Å². The van der Waals surface area contributed by atoms with Crippen LogP contribution >= 0.6 is 22.6 Å². The molecule has 34 heavy (non-hydrogen) atoms. The third-order valence-electron chi connectivity index (χ3n) is 4.78. The van der Waals surface area contributed by atoms with Crippen molar-refractivity contribution in [3.05, 3.63) is 86.5 Å². The van der Waals surface area contributed by atoms with Crippen molar-refractivity contribution >= 4 is 50.4 Å². The fourth-order valence-electron chi connectivity index (χ4n) is 3.11. The molecule has 174 valence electrons. The number of nitrogens with zero attached hydrogens (tertiary/aromatic N) is 1. The van der Waals surface area contributed by atoms with Crippen molar-refractivity contribution in [3.8, 4) is 17.6 Å². The predicted molar refractivity (Wildman–Crippen MR) is 138 cm³/mol. The van der Waals surface area contributed by atoms with E-state index in [2.05, 4.69) is 5.32 Å². The zero-order valence-corrected chi connectivity index (χ0v) is 21.6. The molecule has 0 unspecified atom stereocenters. The number of nitriles is 1. The van der Waals surface area contributed by atoms with Crippen molar-refractivity contribution < 1.29 is 22.1 Å². The first-order valence-electron chi connectivity index (χ1n) is 10.0. The number of amides is 1. The van der Waals surface area contributed by atoms with E-state index < -0.39 is 16.0 Å². The standard InChI is InChI=1S/C25H21IN2O5S/c1-16-9-10-22(17(2)11-16)28-25(29)19(15-27)12-18-13-21(26)24(23(14-18)32-3)33-34(30,31)20-7-5-4-6-8-20/h4-14H,1-3H3,(H,28,29)/b19-12+. The van der Waals surface area contributed by atoms with Gasteiger partial charge in [0, 0.05) is 5.69 Å². The molecule has 0 saturated heterocycles. The van der Waals surface area contributed by atoms with Crippen molar-refractivity contribution in [1.82, 2.24) is 0 Å². The lowest BCUT2D eigenvalue weighted by Crippen LogP contribution is -2.14. The lowest BCUT2D eigenvalue weighted by molar-refractivity contribution is -0.112. The van der Waals surface area contributed by atoms with Gasteiger partial charge in [0.05, 0.1) is 10.7 Å². The summed E-state index contributed by atoms with van der Waals surface area (Å²) in [5, 5.41) is 12.3. The summed E-state index contributed by atoms with van der Waals surface area (Å²) in [6.45, 7) is 3.82. The van der Waals surface area contributed by atoms with Gasteiger partial charge in [-0.05, 0) is 84.0 Å². The highest BCUT2D eigenvalue weighted by atomic mass is 127. The van der Waals surface area contributed by atoms with Crippen LogP contribution in [-0.2, 0) is 14.9 Å². The van der Waals surface area contributed by atoms with E-state index in [1.54, 1.807) is 30.3 Å². The molecule has 0 aliphatic carbocycles. The Hall–Kier alpha value is -3.36. The molecule has 1 amide bonds. The number of nitrogens with one attached hydrogen (secondary N) is 1. The molecule has 0 atom stereocenters. The summed E-state index contributed by atoms with van der Waals surface area (Å²) < 4.78 is 36.4. The fraction of sp³-hybridized carbons (Fsp3) is 0.120. The van der Waals surface area contributed by atoms with Gasteiger partial charge in [-0.3, -0.25) is 4.79 Å². The van der Waals surface area contributed by atoms with Gasteiger partial charge in [0.15, 0.2) is 11.5 Å². The summed E-state index contributed by atoms with van der Waals surface area (Å²) in [4.78, 5) is 12.7. The largest absolute Gasteiger partial charge is 0.493 e. The Kier molecular flexibility index (Phi) is 7.96. The van der Waals surface area contributed by atoms with Gasteiger partial charge in [-0.15, -0.1) is 0 Å². The Morgan fingerprint density at radius 1 is 1.09 bits per heavy atom. The van der Waals surface area contributed by atoms with E-state index in [0.29, 0.717) is 14.8 Å². The molecule has 0 bridgehead atoms. The maximum Gasteiger partial charge on any atom is 0.339 e. The number of benzene rings is 3. The summed E-state index contributed by atoms with van der Waals surface area (Å²) in [6, 6.07) is 18.3. The first-order valence-corrected chi connectivity index (χ1v) is 12.5. The molecule has 0 heterocycles. The van der Waals surface area contributed by atoms with Crippen molar-refractivity contribution in [2.75, 3.05) is 12.4 Å². The number of hydrogen-bond donors (Lipinski definition) is 1. The van der Waals surface area contributed by atoms with Crippen LogP contribution < -0.4 is 14.2 Å². The lowest BCUT2D eigenvalue weighted by Gasteiger charge is -2.14. The summed E-state index contributed by atoms with van der Waals surface area (Å²) >= 11 is 1.91. The highest BCUT2D eigenvalue weighted by Gasteiger charge is 2.22. The van der Waals surface area contributed by atoms with E-state index in [4.69, 9.17) is 8.92 Å². The van der Waals surface area contributed by atoms with Crippen LogP contribution in [0.25, 0.3) is 6.08 Å². The first-order chi connectivity index (χ1) is 16.1. The van der Waals surface area contributed by atoms with Gasteiger partial charge >= 0.3 is 10.1 Å². The molecule has 0 aromatic heterocycles. The van der Waals surface area contributed by atoms with Crippen LogP contribution in [0.4, 0.5) is 5.69 Å². The van der Waals surface area contributed by atoms with Gasteiger partial charge in [-0.25, -0.2) is 0 Å². The molecule has 3 rings (SSSR count). The summed E-state index contributed by atoms with van der Waals surface area (Å²) in [7, 11) is -2.71. The third-order valence-corrected chi connectivity index (χ3v) is 6.82. The summed E-state index contributed by atoms with van der Waals surface area (Å²) in [6.07, 6.45) is 1.40. The number of rotatable bonds is 7. The van der Waals surface area contributed by atoms with Crippen LogP contribution in [0, 0.1) is 28.7 Å². The normalized spacial score (nSPS) is 11.4. The van der Waals surface area contributed by atoms with E-state index in [1.165, 1.54) is 31.4 Å². The topological polar surface area (TPSA) is 105 Å². The summed E-state index contributed by atoms with van der Waals surface area (Å²) in [5.41, 5.74) is 2.90. The molecule has 7 nitrogen and oxygen atoms in total. The molecule has 3 aromatic rings. The molecular weight excluding hydrogens is 567 g/mol. The lowest BCUT2D eigenvalue weighted by atomic mass is 10.1. The van der Waals surface area contributed by atoms with Crippen LogP contribution in [0.3, 0.4) is 0 Å². The zero-order valence-electron chi connectivity index (χ0n) is 18.6. The number of hydrogen-bond acceptors (Lipinski definition) is 6. The van der Waals surface area contributed by atoms with Crippen molar-refractivity contribution in [2.24, 2.45) is 0 Å². The minimum Gasteiger partial charge on any atom is -0.493 e. The molecule has 0 radical (unpaired) electrons. The second-order valence-electron chi connectivity index (χ2n) is 7.33. The van der Waals surface area contributed by atoms with Gasteiger partial charge in [0.2, 0.25) is 0 Å². The first kappa shape index (κ1) is 25.3. The quantitative estimate of drug-likeness (QED) is 0.176. The van der Waals surface area contributed by atoms with E-state index >= 15 is 0 Å². The molecule has 0 aliphatic rings. The van der Waals surface area contributed by atoms with E-state index in [1.807, 2.05) is 54.6 Å². The van der Waals surface area contributed by atoms with Crippen LogP contribution in [0.1, 0.15) is 16.7 Å². The molecule has 0 saturated carbocycles. The smallest absolute Gasteiger partial charge is 0.339 e. The SMILES string of the molecule is COc1cc(/C=C(\C#N)C(=O)Nc2ccc(C)cc2C)cc(I)c1OS(=O)(=O)c1ccccc1. The predicted octanol–water partition coefficient (Wildman–Crippen LogP) is 5.23. The molecule has 1 N–H and O–H groups in total. The maximum atomic E-state index is 12.7. The Bertz CT molecular complexity index is 1410. The number of ether oxygens (including phenoxy) is 1. The van der Waals surface area contributed by atoms with Crippen molar-refractivity contribution in [1.29, 1.82) is 5.26 Å². The number of halogens is 1. The minimum absolute atomic E-state index is 0.00617. The third kappa shape index (κ3) is 5.95. The zero-order chi connectivity index (χ0) is 24.9. The van der Waals surface area contributed by atoms with Gasteiger partial charge in [0.25, 0.3) is 5.91 Å². The number of methoxy groups -OCH3 is 1. The highest BCUT2D eigenvalue weighted by Crippen LogP contribution is 2.36. The molecule has 9 heteroatoms. The van der Waals surface area contributed by atoms with Crippen molar-refractivity contribution in [3.63, 3.8) is 0 Å². The number of carbonyl (C=O) groups is 1. The van der Waals surface area contributed by atoms with Crippen molar-refractivity contribution in [2.45, 2.75) is 18.7 Å². The second-order valence-corrected chi connectivity index (χ2v) is 10.0. The minimum atomic E-state index is -4.08. The molecular formula is C25H21IN2O5S. The van der Waals surface area contributed by atoms with E-state index in [-0.39, 0.29) is 22.0 Å². The molecule has 0 aliphatic heterocycles. The fourth-order valence-corrected chi connectivity index (χ4v) is 4.97. The van der Waals surface area contributed by atoms with Gasteiger partial charge in [0.1, 0.15) is 16.5 Å². The number of aryl methyl sites for hydroxylation is 2. The van der Waals surface area contributed by atoms with Crippen LogP contribution in [0.15, 0.2) is 71.1 Å². The average Bonchev–Trinajstić information content (AvgIpc) is 2.81. The Morgan fingerprint density at radius 2 is 1.79 bits per heavy atom. The Balaban J connectivity index is 1.91. The summed E-state index contributed by atoms with van der Waals surface area (Å²) in [5.74, 6) is -0.400.